The molecule has 1 aromatic carbocycles. The molecule has 1 N–H and O–H groups in total. The maximum Gasteiger partial charge on any atom is 0.119 e. The number of fused-ring (bicyclic) bond motifs is 1. The number of benzene rings is 1. The number of anilines is 1. The Labute approximate surface area is 122 Å². The van der Waals surface area contributed by atoms with Crippen LogP contribution in [0.2, 0.25) is 0 Å². The number of ether oxygens (including phenoxy) is 1. The first-order valence-corrected chi connectivity index (χ1v) is 8.00. The molecule has 2 atom stereocenters. The van der Waals surface area contributed by atoms with Crippen LogP contribution in [0.5, 0.6) is 5.75 Å². The van der Waals surface area contributed by atoms with E-state index < -0.39 is 0 Å². The van der Waals surface area contributed by atoms with Crippen LogP contribution in [0.3, 0.4) is 0 Å². The maximum absolute atomic E-state index is 5.55. The van der Waals surface area contributed by atoms with Crippen molar-refractivity contribution >= 4 is 5.69 Å². The lowest BCUT2D eigenvalue weighted by molar-refractivity contribution is 0.188. The topological polar surface area (TPSA) is 24.5 Å². The van der Waals surface area contributed by atoms with E-state index in [-0.39, 0.29) is 0 Å². The van der Waals surface area contributed by atoms with Gasteiger partial charge in [0.1, 0.15) is 5.75 Å². The highest BCUT2D eigenvalue weighted by Gasteiger charge is 2.31. The fourth-order valence-electron chi connectivity index (χ4n) is 3.63. The lowest BCUT2D eigenvalue weighted by atomic mass is 9.97. The smallest absolute Gasteiger partial charge is 0.119 e. The van der Waals surface area contributed by atoms with E-state index in [1.807, 2.05) is 6.92 Å². The molecule has 3 rings (SSSR count). The lowest BCUT2D eigenvalue weighted by Gasteiger charge is -2.35. The van der Waals surface area contributed by atoms with Crippen molar-refractivity contribution in [2.45, 2.75) is 51.6 Å². The maximum atomic E-state index is 5.55. The molecule has 0 radical (unpaired) electrons. The summed E-state index contributed by atoms with van der Waals surface area (Å²) in [7, 11) is 0. The number of hydrogen-bond donors (Lipinski definition) is 1. The minimum atomic E-state index is 0.631. The summed E-state index contributed by atoms with van der Waals surface area (Å²) in [5.74, 6) is 0.973. The van der Waals surface area contributed by atoms with Crippen molar-refractivity contribution in [1.82, 2.24) is 4.90 Å². The Morgan fingerprint density at radius 1 is 1.30 bits per heavy atom. The Morgan fingerprint density at radius 3 is 3.00 bits per heavy atom. The molecule has 0 amide bonds. The summed E-state index contributed by atoms with van der Waals surface area (Å²) in [5.41, 5.74) is 2.55. The Morgan fingerprint density at radius 2 is 2.20 bits per heavy atom. The molecule has 0 saturated carbocycles. The predicted octanol–water partition coefficient (Wildman–Crippen LogP) is 3.43. The van der Waals surface area contributed by atoms with E-state index in [0.29, 0.717) is 6.04 Å². The van der Waals surface area contributed by atoms with Gasteiger partial charge in [-0.1, -0.05) is 0 Å². The molecule has 110 valence electrons. The summed E-state index contributed by atoms with van der Waals surface area (Å²) in [4.78, 5) is 2.67. The van der Waals surface area contributed by atoms with Gasteiger partial charge in [0.25, 0.3) is 0 Å². The highest BCUT2D eigenvalue weighted by Crippen LogP contribution is 2.30. The first kappa shape index (κ1) is 13.7. The predicted molar refractivity (Wildman–Crippen MR) is 83.6 cm³/mol. The van der Waals surface area contributed by atoms with E-state index in [0.717, 1.165) is 18.4 Å². The normalized spacial score (nSPS) is 26.3. The number of nitrogens with one attached hydrogen (secondary N) is 1. The molecule has 2 aliphatic heterocycles. The van der Waals surface area contributed by atoms with Crippen LogP contribution in [0.1, 0.15) is 38.2 Å². The first-order chi connectivity index (χ1) is 9.76. The Balaban J connectivity index is 1.62. The van der Waals surface area contributed by atoms with Crippen molar-refractivity contribution in [3.63, 3.8) is 0 Å². The van der Waals surface area contributed by atoms with Crippen LogP contribution < -0.4 is 10.1 Å². The molecule has 20 heavy (non-hydrogen) atoms. The molecule has 2 aliphatic rings. The molecule has 2 unspecified atom stereocenters. The van der Waals surface area contributed by atoms with Crippen molar-refractivity contribution in [3.05, 3.63) is 23.8 Å². The Hall–Kier alpha value is -1.22. The largest absolute Gasteiger partial charge is 0.494 e. The number of nitrogens with zero attached hydrogens (tertiary/aromatic N) is 1. The van der Waals surface area contributed by atoms with Gasteiger partial charge in [0.2, 0.25) is 0 Å². The monoisotopic (exact) mass is 274 g/mol. The Bertz CT molecular complexity index is 460. The highest BCUT2D eigenvalue weighted by molar-refractivity contribution is 5.54. The third-order valence-corrected chi connectivity index (χ3v) is 4.69. The molecule has 1 aromatic rings. The number of aryl methyl sites for hydroxylation is 1. The minimum Gasteiger partial charge on any atom is -0.494 e. The SMILES string of the molecule is CCOc1ccc(NC2CCN3CCCC3C2)c(C)c1. The summed E-state index contributed by atoms with van der Waals surface area (Å²) in [6.45, 7) is 7.50. The molecule has 2 heterocycles. The first-order valence-electron chi connectivity index (χ1n) is 8.00. The van der Waals surface area contributed by atoms with Crippen molar-refractivity contribution in [2.24, 2.45) is 0 Å². The second kappa shape index (κ2) is 6.04. The quantitative estimate of drug-likeness (QED) is 0.910. The minimum absolute atomic E-state index is 0.631. The molecule has 3 nitrogen and oxygen atoms in total. The average Bonchev–Trinajstić information content (AvgIpc) is 2.90. The van der Waals surface area contributed by atoms with Crippen LogP contribution in [-0.4, -0.2) is 36.7 Å². The molecule has 2 fully saturated rings. The van der Waals surface area contributed by atoms with Crippen LogP contribution in [0.4, 0.5) is 5.69 Å². The van der Waals surface area contributed by atoms with Crippen LogP contribution in [-0.2, 0) is 0 Å². The standard InChI is InChI=1S/C17H26N2O/c1-3-20-16-6-7-17(13(2)11-16)18-14-8-10-19-9-4-5-15(19)12-14/h6-7,11,14-15,18H,3-5,8-10,12H2,1-2H3. The fraction of sp³-hybridized carbons (Fsp3) is 0.647. The highest BCUT2D eigenvalue weighted by atomic mass is 16.5. The van der Waals surface area contributed by atoms with E-state index >= 15 is 0 Å². The molecular weight excluding hydrogens is 248 g/mol. The zero-order chi connectivity index (χ0) is 13.9. The van der Waals surface area contributed by atoms with Gasteiger partial charge >= 0.3 is 0 Å². The van der Waals surface area contributed by atoms with Crippen molar-refractivity contribution in [2.75, 3.05) is 25.0 Å². The van der Waals surface area contributed by atoms with Gasteiger partial charge in [-0.25, -0.2) is 0 Å². The van der Waals surface area contributed by atoms with Gasteiger partial charge in [-0.3, -0.25) is 0 Å². The van der Waals surface area contributed by atoms with E-state index in [4.69, 9.17) is 4.74 Å². The van der Waals surface area contributed by atoms with E-state index in [1.54, 1.807) is 0 Å². The molecule has 3 heteroatoms. The number of hydrogen-bond acceptors (Lipinski definition) is 3. The van der Waals surface area contributed by atoms with Gasteiger partial charge in [-0.05, 0) is 69.8 Å². The third kappa shape index (κ3) is 2.93. The van der Waals surface area contributed by atoms with Gasteiger partial charge in [0.15, 0.2) is 0 Å². The molecule has 0 aromatic heterocycles. The van der Waals surface area contributed by atoms with Crippen LogP contribution in [0.25, 0.3) is 0 Å². The number of rotatable bonds is 4. The number of piperidine rings is 1. The summed E-state index contributed by atoms with van der Waals surface area (Å²) < 4.78 is 5.55. The Kier molecular flexibility index (Phi) is 4.16. The van der Waals surface area contributed by atoms with Gasteiger partial charge in [0, 0.05) is 24.3 Å². The summed E-state index contributed by atoms with van der Waals surface area (Å²) in [6.07, 6.45) is 5.34. The van der Waals surface area contributed by atoms with Gasteiger partial charge in [-0.15, -0.1) is 0 Å². The summed E-state index contributed by atoms with van der Waals surface area (Å²) >= 11 is 0. The molecular formula is C17H26N2O. The van der Waals surface area contributed by atoms with Crippen LogP contribution in [0.15, 0.2) is 18.2 Å². The summed E-state index contributed by atoms with van der Waals surface area (Å²) in [6, 6.07) is 7.83. The average molecular weight is 274 g/mol. The van der Waals surface area contributed by atoms with E-state index in [2.05, 4.69) is 35.3 Å². The second-order valence-electron chi connectivity index (χ2n) is 6.11. The van der Waals surface area contributed by atoms with Crippen molar-refractivity contribution < 1.29 is 4.74 Å². The molecule has 0 bridgehead atoms. The van der Waals surface area contributed by atoms with Crippen molar-refractivity contribution in [3.8, 4) is 5.75 Å². The van der Waals surface area contributed by atoms with Gasteiger partial charge in [-0.2, -0.15) is 0 Å². The zero-order valence-electron chi connectivity index (χ0n) is 12.7. The zero-order valence-corrected chi connectivity index (χ0v) is 12.7. The van der Waals surface area contributed by atoms with Gasteiger partial charge in [0.05, 0.1) is 6.61 Å². The molecule has 0 aliphatic carbocycles. The van der Waals surface area contributed by atoms with Gasteiger partial charge < -0.3 is 15.0 Å². The lowest BCUT2D eigenvalue weighted by Crippen LogP contribution is -2.42. The summed E-state index contributed by atoms with van der Waals surface area (Å²) in [5, 5.41) is 3.75. The van der Waals surface area contributed by atoms with Crippen LogP contribution >= 0.6 is 0 Å². The van der Waals surface area contributed by atoms with E-state index in [9.17, 15) is 0 Å². The second-order valence-corrected chi connectivity index (χ2v) is 6.11. The molecule has 2 saturated heterocycles. The van der Waals surface area contributed by atoms with E-state index in [1.165, 1.54) is 50.0 Å². The fourth-order valence-corrected chi connectivity index (χ4v) is 3.63. The molecule has 0 spiro atoms. The van der Waals surface area contributed by atoms with Crippen LogP contribution in [0, 0.1) is 6.92 Å². The van der Waals surface area contributed by atoms with Crippen molar-refractivity contribution in [1.29, 1.82) is 0 Å². The third-order valence-electron chi connectivity index (χ3n) is 4.69.